The molecular weight excluding hydrogens is 340 g/mol. The van der Waals surface area contributed by atoms with Gasteiger partial charge in [0.05, 0.1) is 0 Å². The summed E-state index contributed by atoms with van der Waals surface area (Å²) in [6.07, 6.45) is 1.07. The van der Waals surface area contributed by atoms with E-state index in [1.54, 1.807) is 9.80 Å². The molecule has 0 N–H and O–H groups in total. The summed E-state index contributed by atoms with van der Waals surface area (Å²) in [6, 6.07) is 7.04. The minimum atomic E-state index is -0.571. The molecule has 25 heavy (non-hydrogen) atoms. The van der Waals surface area contributed by atoms with E-state index in [1.807, 2.05) is 52.0 Å². The normalized spacial score (nSPS) is 17.5. The molecule has 0 spiro atoms. The van der Waals surface area contributed by atoms with E-state index in [-0.39, 0.29) is 5.91 Å². The fraction of sp³-hybridized carbons (Fsp3) is 0.579. The minimum absolute atomic E-state index is 0.0363. The highest BCUT2D eigenvalue weighted by Gasteiger charge is 2.38. The van der Waals surface area contributed by atoms with Crippen molar-refractivity contribution in [1.82, 2.24) is 9.80 Å². The summed E-state index contributed by atoms with van der Waals surface area (Å²) >= 11 is 6.03. The van der Waals surface area contributed by atoms with E-state index in [9.17, 15) is 9.59 Å². The van der Waals surface area contributed by atoms with Crippen LogP contribution in [0.1, 0.15) is 46.1 Å². The van der Waals surface area contributed by atoms with E-state index >= 15 is 0 Å². The zero-order chi connectivity index (χ0) is 18.6. The lowest BCUT2D eigenvalue weighted by molar-refractivity contribution is -0.136. The molecule has 2 amide bonds. The Kier molecular flexibility index (Phi) is 6.33. The molecule has 5 nitrogen and oxygen atoms in total. The smallest absolute Gasteiger partial charge is 0.410 e. The molecule has 0 aliphatic carbocycles. The Morgan fingerprint density at radius 2 is 2.08 bits per heavy atom. The van der Waals surface area contributed by atoms with Crippen molar-refractivity contribution >= 4 is 23.6 Å². The van der Waals surface area contributed by atoms with Gasteiger partial charge < -0.3 is 9.64 Å². The number of carbonyl (C=O) groups is 2. The standard InChI is InChI=1S/C19H27ClN2O3/c1-5-21(13-14-8-6-9-15(20)12-14)17(23)16-10-7-11-22(16)18(24)25-19(2,3)4/h6,8-9,12,16H,5,7,10-11,13H2,1-4H3. The summed E-state index contributed by atoms with van der Waals surface area (Å²) in [4.78, 5) is 28.7. The van der Waals surface area contributed by atoms with Gasteiger partial charge >= 0.3 is 6.09 Å². The quantitative estimate of drug-likeness (QED) is 0.806. The molecule has 1 aliphatic rings. The van der Waals surface area contributed by atoms with E-state index in [2.05, 4.69) is 0 Å². The van der Waals surface area contributed by atoms with Crippen LogP contribution in [0.4, 0.5) is 4.79 Å². The Morgan fingerprint density at radius 3 is 2.68 bits per heavy atom. The van der Waals surface area contributed by atoms with Gasteiger partial charge in [0.15, 0.2) is 0 Å². The molecule has 0 saturated carbocycles. The number of likely N-dealkylation sites (tertiary alicyclic amines) is 1. The van der Waals surface area contributed by atoms with Crippen molar-refractivity contribution in [2.24, 2.45) is 0 Å². The molecule has 1 aromatic rings. The topological polar surface area (TPSA) is 49.9 Å². The fourth-order valence-corrected chi connectivity index (χ4v) is 3.19. The van der Waals surface area contributed by atoms with Crippen molar-refractivity contribution in [3.05, 3.63) is 34.9 Å². The van der Waals surface area contributed by atoms with Crippen LogP contribution in [0, 0.1) is 0 Å². The molecule has 1 atom stereocenters. The maximum Gasteiger partial charge on any atom is 0.410 e. The number of hydrogen-bond acceptors (Lipinski definition) is 3. The molecule has 138 valence electrons. The summed E-state index contributed by atoms with van der Waals surface area (Å²) in [5.74, 6) is -0.0363. The van der Waals surface area contributed by atoms with Crippen LogP contribution in [0.25, 0.3) is 0 Å². The van der Waals surface area contributed by atoms with Gasteiger partial charge in [-0.3, -0.25) is 9.69 Å². The van der Waals surface area contributed by atoms with Crippen LogP contribution in [0.3, 0.4) is 0 Å². The molecule has 1 fully saturated rings. The maximum atomic E-state index is 13.0. The predicted octanol–water partition coefficient (Wildman–Crippen LogP) is 4.09. The lowest BCUT2D eigenvalue weighted by atomic mass is 10.1. The third-order valence-corrected chi connectivity index (χ3v) is 4.36. The monoisotopic (exact) mass is 366 g/mol. The van der Waals surface area contributed by atoms with Crippen molar-refractivity contribution < 1.29 is 14.3 Å². The summed E-state index contributed by atoms with van der Waals surface area (Å²) in [7, 11) is 0. The Balaban J connectivity index is 2.09. The van der Waals surface area contributed by atoms with Gasteiger partial charge in [0.25, 0.3) is 0 Å². The van der Waals surface area contributed by atoms with Crippen molar-refractivity contribution in [1.29, 1.82) is 0 Å². The van der Waals surface area contributed by atoms with Crippen LogP contribution in [0.2, 0.25) is 5.02 Å². The van der Waals surface area contributed by atoms with Gasteiger partial charge in [0.1, 0.15) is 11.6 Å². The van der Waals surface area contributed by atoms with Crippen molar-refractivity contribution in [3.8, 4) is 0 Å². The largest absolute Gasteiger partial charge is 0.444 e. The van der Waals surface area contributed by atoms with Crippen LogP contribution in [-0.2, 0) is 16.1 Å². The zero-order valence-corrected chi connectivity index (χ0v) is 16.2. The van der Waals surface area contributed by atoms with Gasteiger partial charge in [-0.25, -0.2) is 4.79 Å². The molecule has 6 heteroatoms. The lowest BCUT2D eigenvalue weighted by Gasteiger charge is -2.31. The summed E-state index contributed by atoms with van der Waals surface area (Å²) in [6.45, 7) is 9.04. The van der Waals surface area contributed by atoms with Crippen LogP contribution in [0.5, 0.6) is 0 Å². The summed E-state index contributed by atoms with van der Waals surface area (Å²) in [5, 5.41) is 0.650. The second-order valence-electron chi connectivity index (χ2n) is 7.31. The molecule has 1 heterocycles. The van der Waals surface area contributed by atoms with Crippen LogP contribution in [-0.4, -0.2) is 46.5 Å². The van der Waals surface area contributed by atoms with Crippen LogP contribution >= 0.6 is 11.6 Å². The van der Waals surface area contributed by atoms with Crippen molar-refractivity contribution in [3.63, 3.8) is 0 Å². The first-order valence-electron chi connectivity index (χ1n) is 8.74. The lowest BCUT2D eigenvalue weighted by Crippen LogP contribution is -2.48. The van der Waals surface area contributed by atoms with Gasteiger partial charge in [-0.05, 0) is 58.2 Å². The zero-order valence-electron chi connectivity index (χ0n) is 15.4. The highest BCUT2D eigenvalue weighted by Crippen LogP contribution is 2.23. The average molecular weight is 367 g/mol. The summed E-state index contributed by atoms with van der Waals surface area (Å²) < 4.78 is 5.45. The van der Waals surface area contributed by atoms with E-state index in [1.165, 1.54) is 0 Å². The number of hydrogen-bond donors (Lipinski definition) is 0. The van der Waals surface area contributed by atoms with E-state index in [4.69, 9.17) is 16.3 Å². The van der Waals surface area contributed by atoms with E-state index < -0.39 is 17.7 Å². The minimum Gasteiger partial charge on any atom is -0.444 e. The molecule has 2 rings (SSSR count). The third-order valence-electron chi connectivity index (χ3n) is 4.12. The van der Waals surface area contributed by atoms with E-state index in [0.717, 1.165) is 12.0 Å². The number of benzene rings is 1. The fourth-order valence-electron chi connectivity index (χ4n) is 2.97. The number of carbonyl (C=O) groups excluding carboxylic acids is 2. The maximum absolute atomic E-state index is 13.0. The van der Waals surface area contributed by atoms with E-state index in [0.29, 0.717) is 31.1 Å². The van der Waals surface area contributed by atoms with Gasteiger partial charge in [0.2, 0.25) is 5.91 Å². The number of ether oxygens (including phenoxy) is 1. The molecule has 0 aromatic heterocycles. The Hall–Kier alpha value is -1.75. The highest BCUT2D eigenvalue weighted by molar-refractivity contribution is 6.30. The third kappa shape index (κ3) is 5.36. The first-order chi connectivity index (χ1) is 11.7. The number of halogens is 1. The molecule has 0 radical (unpaired) electrons. The molecular formula is C19H27ClN2O3. The number of likely N-dealkylation sites (N-methyl/N-ethyl adjacent to an activating group) is 1. The second-order valence-corrected chi connectivity index (χ2v) is 7.75. The van der Waals surface area contributed by atoms with Crippen LogP contribution < -0.4 is 0 Å². The van der Waals surface area contributed by atoms with Gasteiger partial charge in [0, 0.05) is 24.7 Å². The molecule has 1 unspecified atom stereocenters. The van der Waals surface area contributed by atoms with Gasteiger partial charge in [-0.15, -0.1) is 0 Å². The second kappa shape index (κ2) is 8.09. The Bertz CT molecular complexity index is 627. The predicted molar refractivity (Wildman–Crippen MR) is 98.5 cm³/mol. The molecule has 0 bridgehead atoms. The number of nitrogens with zero attached hydrogens (tertiary/aromatic N) is 2. The SMILES string of the molecule is CCN(Cc1cccc(Cl)c1)C(=O)C1CCCN1C(=O)OC(C)(C)C. The molecule has 1 aliphatic heterocycles. The Morgan fingerprint density at radius 1 is 1.36 bits per heavy atom. The average Bonchev–Trinajstić information content (AvgIpc) is 3.00. The first-order valence-corrected chi connectivity index (χ1v) is 9.12. The first kappa shape index (κ1) is 19.6. The summed E-state index contributed by atoms with van der Waals surface area (Å²) in [5.41, 5.74) is 0.405. The van der Waals surface area contributed by atoms with Gasteiger partial charge in [-0.2, -0.15) is 0 Å². The van der Waals surface area contributed by atoms with Crippen LogP contribution in [0.15, 0.2) is 24.3 Å². The van der Waals surface area contributed by atoms with Gasteiger partial charge in [-0.1, -0.05) is 23.7 Å². The molecule has 1 aromatic carbocycles. The van der Waals surface area contributed by atoms with Crippen molar-refractivity contribution in [2.45, 2.75) is 58.7 Å². The van der Waals surface area contributed by atoms with Crippen molar-refractivity contribution in [2.75, 3.05) is 13.1 Å². The number of rotatable bonds is 4. The number of amides is 2. The molecule has 1 saturated heterocycles. The Labute approximate surface area is 154 Å². The highest BCUT2D eigenvalue weighted by atomic mass is 35.5.